The van der Waals surface area contributed by atoms with Gasteiger partial charge in [0.25, 0.3) is 0 Å². The van der Waals surface area contributed by atoms with Crippen molar-refractivity contribution in [2.75, 3.05) is 0 Å². The third kappa shape index (κ3) is 3.82. The van der Waals surface area contributed by atoms with Gasteiger partial charge < -0.3 is 5.32 Å². The standard InChI is InChI=1S/C16H20N4O3S/c17-24(22,23)13-9-18-20(10-13)11-16(21)19-15-8-4-2-6-12-5-1-3-7-14(12)15/h1,3,5,7,9-10,15H,2,4,6,8,11H2,(H,19,21)(H2,17,22,23). The van der Waals surface area contributed by atoms with Crippen LogP contribution < -0.4 is 10.5 Å². The minimum Gasteiger partial charge on any atom is -0.348 e. The predicted molar refractivity (Wildman–Crippen MR) is 88.5 cm³/mol. The summed E-state index contributed by atoms with van der Waals surface area (Å²) in [6, 6.07) is 8.13. The molecular formula is C16H20N4O3S. The number of nitrogens with two attached hydrogens (primary N) is 1. The van der Waals surface area contributed by atoms with Crippen LogP contribution in [0.2, 0.25) is 0 Å². The Hall–Kier alpha value is -2.19. The van der Waals surface area contributed by atoms with Crippen LogP contribution in [0.25, 0.3) is 0 Å². The topological polar surface area (TPSA) is 107 Å². The molecule has 0 saturated carbocycles. The van der Waals surface area contributed by atoms with Crippen molar-refractivity contribution < 1.29 is 13.2 Å². The summed E-state index contributed by atoms with van der Waals surface area (Å²) in [4.78, 5) is 12.2. The number of aromatic nitrogens is 2. The van der Waals surface area contributed by atoms with Crippen molar-refractivity contribution in [3.63, 3.8) is 0 Å². The smallest absolute Gasteiger partial charge is 0.242 e. The number of sulfonamides is 1. The van der Waals surface area contributed by atoms with Gasteiger partial charge in [0, 0.05) is 6.20 Å². The maximum Gasteiger partial charge on any atom is 0.242 e. The van der Waals surface area contributed by atoms with E-state index in [1.54, 1.807) is 0 Å². The number of carbonyl (C=O) groups excluding carboxylic acids is 1. The quantitative estimate of drug-likeness (QED) is 0.807. The lowest BCUT2D eigenvalue weighted by Crippen LogP contribution is -2.31. The number of benzene rings is 1. The number of primary sulfonamides is 1. The van der Waals surface area contributed by atoms with Gasteiger partial charge in [0.1, 0.15) is 11.4 Å². The SMILES string of the molecule is NS(=O)(=O)c1cnn(CC(=O)NC2CCCCc3ccccc32)c1. The summed E-state index contributed by atoms with van der Waals surface area (Å²) in [7, 11) is -3.80. The molecule has 0 radical (unpaired) electrons. The number of hydrogen-bond acceptors (Lipinski definition) is 4. The molecular weight excluding hydrogens is 328 g/mol. The van der Waals surface area contributed by atoms with Crippen LogP contribution in [0.15, 0.2) is 41.6 Å². The van der Waals surface area contributed by atoms with Crippen molar-refractivity contribution in [3.8, 4) is 0 Å². The van der Waals surface area contributed by atoms with Gasteiger partial charge >= 0.3 is 0 Å². The van der Waals surface area contributed by atoms with Crippen LogP contribution in [-0.4, -0.2) is 24.1 Å². The third-order valence-electron chi connectivity index (χ3n) is 4.20. The van der Waals surface area contributed by atoms with Crippen LogP contribution in [-0.2, 0) is 27.8 Å². The van der Waals surface area contributed by atoms with Gasteiger partial charge in [-0.3, -0.25) is 9.48 Å². The zero-order valence-corrected chi connectivity index (χ0v) is 14.0. The highest BCUT2D eigenvalue weighted by molar-refractivity contribution is 7.89. The maximum atomic E-state index is 12.3. The summed E-state index contributed by atoms with van der Waals surface area (Å²) >= 11 is 0. The predicted octanol–water partition coefficient (Wildman–Crippen LogP) is 1.11. The van der Waals surface area contributed by atoms with Crippen LogP contribution in [0.3, 0.4) is 0 Å². The number of nitrogens with zero attached hydrogens (tertiary/aromatic N) is 2. The van der Waals surface area contributed by atoms with Gasteiger partial charge in [-0.25, -0.2) is 13.6 Å². The molecule has 0 spiro atoms. The molecule has 3 rings (SSSR count). The Bertz CT molecular complexity index is 845. The Morgan fingerprint density at radius 2 is 2.12 bits per heavy atom. The van der Waals surface area contributed by atoms with Gasteiger partial charge in [0.05, 0.1) is 12.2 Å². The Labute approximate surface area is 140 Å². The van der Waals surface area contributed by atoms with Crippen LogP contribution in [0.1, 0.15) is 36.4 Å². The largest absolute Gasteiger partial charge is 0.348 e. The fraction of sp³-hybridized carbons (Fsp3) is 0.375. The van der Waals surface area contributed by atoms with Gasteiger partial charge in [0.2, 0.25) is 15.9 Å². The van der Waals surface area contributed by atoms with E-state index >= 15 is 0 Å². The van der Waals surface area contributed by atoms with Gasteiger partial charge in [-0.05, 0) is 30.4 Å². The normalized spacial score (nSPS) is 17.8. The molecule has 1 atom stereocenters. The van der Waals surface area contributed by atoms with Crippen molar-refractivity contribution in [3.05, 3.63) is 47.8 Å². The summed E-state index contributed by atoms with van der Waals surface area (Å²) in [6.45, 7) is -0.0474. The molecule has 0 bridgehead atoms. The first-order valence-corrected chi connectivity index (χ1v) is 9.40. The number of fused-ring (bicyclic) bond motifs is 1. The van der Waals surface area contributed by atoms with Gasteiger partial charge in [-0.15, -0.1) is 0 Å². The molecule has 0 aliphatic heterocycles. The lowest BCUT2D eigenvalue weighted by Gasteiger charge is -2.19. The molecule has 1 heterocycles. The lowest BCUT2D eigenvalue weighted by atomic mass is 9.99. The Balaban J connectivity index is 1.70. The molecule has 1 aliphatic carbocycles. The number of rotatable bonds is 4. The summed E-state index contributed by atoms with van der Waals surface area (Å²) < 4.78 is 23.8. The van der Waals surface area contributed by atoms with Crippen LogP contribution in [0.4, 0.5) is 0 Å². The molecule has 1 unspecified atom stereocenters. The first kappa shape index (κ1) is 16.7. The second-order valence-corrected chi connectivity index (χ2v) is 7.54. The first-order valence-electron chi connectivity index (χ1n) is 7.86. The van der Waals surface area contributed by atoms with E-state index in [1.165, 1.54) is 16.4 Å². The lowest BCUT2D eigenvalue weighted by molar-refractivity contribution is -0.122. The Kier molecular flexibility index (Phi) is 4.68. The minimum atomic E-state index is -3.80. The van der Waals surface area contributed by atoms with E-state index in [2.05, 4.69) is 22.5 Å². The molecule has 7 nitrogen and oxygen atoms in total. The molecule has 3 N–H and O–H groups in total. The van der Waals surface area contributed by atoms with E-state index in [-0.39, 0.29) is 23.4 Å². The monoisotopic (exact) mass is 348 g/mol. The number of hydrogen-bond donors (Lipinski definition) is 2. The average Bonchev–Trinajstić information content (AvgIpc) is 2.90. The van der Waals surface area contributed by atoms with Gasteiger partial charge in [-0.1, -0.05) is 30.7 Å². The number of carbonyl (C=O) groups is 1. The average molecular weight is 348 g/mol. The van der Waals surface area contributed by atoms with Gasteiger partial charge in [0.15, 0.2) is 0 Å². The molecule has 128 valence electrons. The highest BCUT2D eigenvalue weighted by Crippen LogP contribution is 2.28. The zero-order chi connectivity index (χ0) is 17.2. The second-order valence-electron chi connectivity index (χ2n) is 5.98. The third-order valence-corrected chi connectivity index (χ3v) is 5.07. The van der Waals surface area contributed by atoms with E-state index in [9.17, 15) is 13.2 Å². The Morgan fingerprint density at radius 1 is 1.33 bits per heavy atom. The highest BCUT2D eigenvalue weighted by Gasteiger charge is 2.20. The molecule has 24 heavy (non-hydrogen) atoms. The van der Waals surface area contributed by atoms with E-state index in [1.807, 2.05) is 12.1 Å². The minimum absolute atomic E-state index is 0.0236. The molecule has 0 saturated heterocycles. The van der Waals surface area contributed by atoms with E-state index in [4.69, 9.17) is 5.14 Å². The molecule has 2 aromatic rings. The van der Waals surface area contributed by atoms with E-state index < -0.39 is 10.0 Å². The van der Waals surface area contributed by atoms with Crippen LogP contribution in [0.5, 0.6) is 0 Å². The van der Waals surface area contributed by atoms with Crippen molar-refractivity contribution in [2.24, 2.45) is 5.14 Å². The summed E-state index contributed by atoms with van der Waals surface area (Å²) in [6.07, 6.45) is 6.49. The van der Waals surface area contributed by atoms with E-state index in [0.29, 0.717) is 0 Å². The summed E-state index contributed by atoms with van der Waals surface area (Å²) in [5.74, 6) is -0.208. The zero-order valence-electron chi connectivity index (χ0n) is 13.2. The number of amides is 1. The Morgan fingerprint density at radius 3 is 2.88 bits per heavy atom. The molecule has 1 amide bonds. The maximum absolute atomic E-state index is 12.3. The molecule has 1 aliphatic rings. The number of nitrogens with one attached hydrogen (secondary N) is 1. The highest BCUT2D eigenvalue weighted by atomic mass is 32.2. The van der Waals surface area contributed by atoms with Crippen molar-refractivity contribution in [2.45, 2.75) is 43.2 Å². The first-order chi connectivity index (χ1) is 11.4. The van der Waals surface area contributed by atoms with Crippen molar-refractivity contribution in [1.82, 2.24) is 15.1 Å². The van der Waals surface area contributed by atoms with Gasteiger partial charge in [-0.2, -0.15) is 5.10 Å². The number of aryl methyl sites for hydroxylation is 1. The molecule has 8 heteroatoms. The summed E-state index contributed by atoms with van der Waals surface area (Å²) in [5.41, 5.74) is 2.44. The van der Waals surface area contributed by atoms with Crippen LogP contribution in [0, 0.1) is 0 Å². The fourth-order valence-electron chi connectivity index (χ4n) is 3.04. The molecule has 0 fully saturated rings. The fourth-order valence-corrected chi connectivity index (χ4v) is 3.50. The second kappa shape index (κ2) is 6.74. The molecule has 1 aromatic carbocycles. The molecule has 1 aromatic heterocycles. The van der Waals surface area contributed by atoms with Crippen molar-refractivity contribution >= 4 is 15.9 Å². The van der Waals surface area contributed by atoms with Crippen LogP contribution >= 0.6 is 0 Å². The van der Waals surface area contributed by atoms with Crippen molar-refractivity contribution in [1.29, 1.82) is 0 Å². The van der Waals surface area contributed by atoms with E-state index in [0.717, 1.165) is 37.4 Å². The summed E-state index contributed by atoms with van der Waals surface area (Å²) in [5, 5.41) is 11.9.